The van der Waals surface area contributed by atoms with Gasteiger partial charge in [-0.1, -0.05) is 30.3 Å². The first-order valence-corrected chi connectivity index (χ1v) is 6.05. The van der Waals surface area contributed by atoms with E-state index < -0.39 is 12.1 Å². The summed E-state index contributed by atoms with van der Waals surface area (Å²) in [6.07, 6.45) is -1.20. The van der Waals surface area contributed by atoms with Crippen LogP contribution in [0, 0.1) is 0 Å². The number of hydrogen-bond donors (Lipinski definition) is 2. The maximum atomic E-state index is 12.1. The molecular weight excluding hydrogens is 232 g/mol. The van der Waals surface area contributed by atoms with Crippen LogP contribution in [0.15, 0.2) is 30.3 Å². The monoisotopic (exact) mass is 250 g/mol. The normalized spacial score (nSPS) is 19.3. The highest BCUT2D eigenvalue weighted by molar-refractivity contribution is 5.81. The fraction of sp³-hybridized carbons (Fsp3) is 0.462. The molecule has 1 aromatic rings. The van der Waals surface area contributed by atoms with Crippen molar-refractivity contribution in [1.82, 2.24) is 4.90 Å². The van der Waals surface area contributed by atoms with Crippen molar-refractivity contribution in [2.45, 2.75) is 12.1 Å². The lowest BCUT2D eigenvalue weighted by molar-refractivity contribution is -0.145. The number of amides is 1. The minimum Gasteiger partial charge on any atom is -0.381 e. The fourth-order valence-corrected chi connectivity index (χ4v) is 1.98. The summed E-state index contributed by atoms with van der Waals surface area (Å²) in [6.45, 7) is 2.05. The summed E-state index contributed by atoms with van der Waals surface area (Å²) in [4.78, 5) is 13.6. The molecule has 1 saturated heterocycles. The maximum Gasteiger partial charge on any atom is 0.253 e. The molecule has 1 aliphatic rings. The van der Waals surface area contributed by atoms with Crippen LogP contribution in [-0.4, -0.2) is 48.3 Å². The molecule has 1 heterocycles. The number of hydrogen-bond acceptors (Lipinski definition) is 4. The van der Waals surface area contributed by atoms with Crippen molar-refractivity contribution in [2.24, 2.45) is 5.73 Å². The predicted molar refractivity (Wildman–Crippen MR) is 66.8 cm³/mol. The van der Waals surface area contributed by atoms with Gasteiger partial charge in [0, 0.05) is 13.1 Å². The number of carbonyl (C=O) groups excluding carboxylic acids is 1. The van der Waals surface area contributed by atoms with Crippen molar-refractivity contribution in [1.29, 1.82) is 0 Å². The Morgan fingerprint density at radius 1 is 1.28 bits per heavy atom. The number of rotatable bonds is 3. The number of nitrogens with zero attached hydrogens (tertiary/aromatic N) is 1. The van der Waals surface area contributed by atoms with Crippen molar-refractivity contribution >= 4 is 5.91 Å². The van der Waals surface area contributed by atoms with Gasteiger partial charge in [-0.15, -0.1) is 0 Å². The van der Waals surface area contributed by atoms with E-state index in [-0.39, 0.29) is 5.91 Å². The SMILES string of the molecule is NC(c1ccccc1)C(O)C(=O)N1CCOCC1. The van der Waals surface area contributed by atoms with Crippen LogP contribution >= 0.6 is 0 Å². The van der Waals surface area contributed by atoms with E-state index in [1.54, 1.807) is 17.0 Å². The summed E-state index contributed by atoms with van der Waals surface area (Å²) in [6, 6.07) is 8.46. The Morgan fingerprint density at radius 2 is 1.89 bits per heavy atom. The Labute approximate surface area is 106 Å². The molecule has 2 unspecified atom stereocenters. The Morgan fingerprint density at radius 3 is 2.50 bits per heavy atom. The molecule has 5 heteroatoms. The molecule has 98 valence electrons. The predicted octanol–water partition coefficient (Wildman–Crippen LogP) is -0.0939. The van der Waals surface area contributed by atoms with Gasteiger partial charge in [0.05, 0.1) is 19.3 Å². The number of benzene rings is 1. The van der Waals surface area contributed by atoms with Crippen LogP contribution in [0.4, 0.5) is 0 Å². The van der Waals surface area contributed by atoms with E-state index in [1.165, 1.54) is 0 Å². The zero-order valence-electron chi connectivity index (χ0n) is 10.2. The van der Waals surface area contributed by atoms with Crippen LogP contribution < -0.4 is 5.73 Å². The third-order valence-corrected chi connectivity index (χ3v) is 3.10. The summed E-state index contributed by atoms with van der Waals surface area (Å²) in [7, 11) is 0. The van der Waals surface area contributed by atoms with Gasteiger partial charge in [-0.2, -0.15) is 0 Å². The first-order valence-electron chi connectivity index (χ1n) is 6.05. The fourth-order valence-electron chi connectivity index (χ4n) is 1.98. The lowest BCUT2D eigenvalue weighted by Crippen LogP contribution is -2.48. The molecule has 0 bridgehead atoms. The molecule has 0 spiro atoms. The minimum absolute atomic E-state index is 0.324. The molecule has 1 aliphatic heterocycles. The third-order valence-electron chi connectivity index (χ3n) is 3.10. The number of carbonyl (C=O) groups is 1. The molecule has 18 heavy (non-hydrogen) atoms. The van der Waals surface area contributed by atoms with Crippen molar-refractivity contribution in [3.8, 4) is 0 Å². The summed E-state index contributed by atoms with van der Waals surface area (Å²) < 4.78 is 5.17. The van der Waals surface area contributed by atoms with Gasteiger partial charge in [0.1, 0.15) is 0 Å². The Kier molecular flexibility index (Phi) is 4.30. The number of nitrogens with two attached hydrogens (primary N) is 1. The molecule has 2 atom stereocenters. The Hall–Kier alpha value is -1.43. The lowest BCUT2D eigenvalue weighted by atomic mass is 10.0. The van der Waals surface area contributed by atoms with Crippen LogP contribution in [-0.2, 0) is 9.53 Å². The third kappa shape index (κ3) is 2.87. The van der Waals surface area contributed by atoms with Crippen LogP contribution in [0.3, 0.4) is 0 Å². The smallest absolute Gasteiger partial charge is 0.253 e. The van der Waals surface area contributed by atoms with E-state index >= 15 is 0 Å². The lowest BCUT2D eigenvalue weighted by Gasteiger charge is -2.30. The largest absolute Gasteiger partial charge is 0.381 e. The van der Waals surface area contributed by atoms with Gasteiger partial charge in [0.15, 0.2) is 6.10 Å². The average molecular weight is 250 g/mol. The molecule has 0 saturated carbocycles. The number of aliphatic hydroxyl groups is 1. The molecule has 1 aromatic carbocycles. The quantitative estimate of drug-likeness (QED) is 0.786. The van der Waals surface area contributed by atoms with E-state index in [4.69, 9.17) is 10.5 Å². The van der Waals surface area contributed by atoms with Crippen LogP contribution in [0.5, 0.6) is 0 Å². The Balaban J connectivity index is 2.01. The summed E-state index contributed by atoms with van der Waals surface area (Å²) in [5.41, 5.74) is 6.67. The van der Waals surface area contributed by atoms with E-state index in [0.29, 0.717) is 26.3 Å². The number of morpholine rings is 1. The van der Waals surface area contributed by atoms with E-state index in [9.17, 15) is 9.90 Å². The van der Waals surface area contributed by atoms with Crippen LogP contribution in [0.25, 0.3) is 0 Å². The highest BCUT2D eigenvalue weighted by Gasteiger charge is 2.29. The molecule has 0 aliphatic carbocycles. The standard InChI is InChI=1S/C13H18N2O3/c14-11(10-4-2-1-3-5-10)12(16)13(17)15-6-8-18-9-7-15/h1-5,11-12,16H,6-9,14H2. The zero-order valence-corrected chi connectivity index (χ0v) is 10.2. The molecule has 3 N–H and O–H groups in total. The van der Waals surface area contributed by atoms with Gasteiger partial charge in [0.2, 0.25) is 0 Å². The van der Waals surface area contributed by atoms with Gasteiger partial charge in [0.25, 0.3) is 5.91 Å². The summed E-state index contributed by atoms with van der Waals surface area (Å²) in [5, 5.41) is 10.0. The van der Waals surface area contributed by atoms with Crippen LogP contribution in [0.1, 0.15) is 11.6 Å². The van der Waals surface area contributed by atoms with Gasteiger partial charge in [-0.3, -0.25) is 4.79 Å². The van der Waals surface area contributed by atoms with Gasteiger partial charge in [-0.05, 0) is 5.56 Å². The topological polar surface area (TPSA) is 75.8 Å². The average Bonchev–Trinajstić information content (AvgIpc) is 2.47. The van der Waals surface area contributed by atoms with Gasteiger partial charge in [-0.25, -0.2) is 0 Å². The Bertz CT molecular complexity index is 390. The summed E-state index contributed by atoms with van der Waals surface area (Å²) in [5.74, 6) is -0.324. The van der Waals surface area contributed by atoms with E-state index in [2.05, 4.69) is 0 Å². The molecule has 0 aromatic heterocycles. The highest BCUT2D eigenvalue weighted by atomic mass is 16.5. The number of ether oxygens (including phenoxy) is 1. The molecule has 2 rings (SSSR count). The van der Waals surface area contributed by atoms with Crippen LogP contribution in [0.2, 0.25) is 0 Å². The molecule has 1 amide bonds. The van der Waals surface area contributed by atoms with Crippen molar-refractivity contribution in [3.63, 3.8) is 0 Å². The molecule has 5 nitrogen and oxygen atoms in total. The number of aliphatic hydroxyl groups excluding tert-OH is 1. The van der Waals surface area contributed by atoms with E-state index in [0.717, 1.165) is 5.56 Å². The molecule has 1 fully saturated rings. The van der Waals surface area contributed by atoms with E-state index in [1.807, 2.05) is 18.2 Å². The maximum absolute atomic E-state index is 12.1. The minimum atomic E-state index is -1.20. The second-order valence-corrected chi connectivity index (χ2v) is 4.32. The van der Waals surface area contributed by atoms with Crippen molar-refractivity contribution < 1.29 is 14.6 Å². The second kappa shape index (κ2) is 5.95. The van der Waals surface area contributed by atoms with Crippen molar-refractivity contribution in [2.75, 3.05) is 26.3 Å². The first kappa shape index (κ1) is 13.0. The summed E-state index contributed by atoms with van der Waals surface area (Å²) >= 11 is 0. The first-order chi connectivity index (χ1) is 8.70. The van der Waals surface area contributed by atoms with Gasteiger partial charge >= 0.3 is 0 Å². The highest BCUT2D eigenvalue weighted by Crippen LogP contribution is 2.16. The molecular formula is C13H18N2O3. The molecule has 0 radical (unpaired) electrons. The van der Waals surface area contributed by atoms with Gasteiger partial charge < -0.3 is 20.5 Å². The second-order valence-electron chi connectivity index (χ2n) is 4.32. The van der Waals surface area contributed by atoms with Crippen molar-refractivity contribution in [3.05, 3.63) is 35.9 Å². The zero-order chi connectivity index (χ0) is 13.0.